The van der Waals surface area contributed by atoms with Crippen LogP contribution in [-0.4, -0.2) is 55.6 Å². The summed E-state index contributed by atoms with van der Waals surface area (Å²) in [6.45, 7) is -1.87. The average molecular weight is 1080 g/mol. The number of aliphatic hydroxyl groups excluding tert-OH is 6. The van der Waals surface area contributed by atoms with E-state index in [1.54, 1.807) is 91.0 Å². The van der Waals surface area contributed by atoms with Gasteiger partial charge in [-0.1, -0.05) is 56.8 Å². The molecule has 0 spiro atoms. The second-order valence-corrected chi connectivity index (χ2v) is 11.9. The first-order chi connectivity index (χ1) is 28.3. The van der Waals surface area contributed by atoms with Gasteiger partial charge in [0.1, 0.15) is 0 Å². The first-order valence-corrected chi connectivity index (χ1v) is 18.7. The van der Waals surface area contributed by atoms with Crippen LogP contribution in [0.4, 0.5) is 0 Å². The molecule has 0 saturated heterocycles. The van der Waals surface area contributed by atoms with Gasteiger partial charge in [-0.25, -0.2) is 37.3 Å². The molecule has 0 bridgehead atoms. The maximum atomic E-state index is 10.3. The Morgan fingerprint density at radius 3 is 0.524 bits per heavy atom. The number of aliphatic hydroxyl groups is 6. The second-order valence-electron chi connectivity index (χ2n) is 10.4. The Morgan fingerprint density at radius 1 is 0.286 bits per heavy atom. The molecule has 63 heavy (non-hydrogen) atoms. The molecule has 0 aliphatic rings. The number of rotatable bonds is 10. The van der Waals surface area contributed by atoms with Crippen LogP contribution in [0.1, 0.15) is 56.9 Å². The Kier molecular flexibility index (Phi) is 46.0. The normalized spacial score (nSPS) is 9.68. The Labute approximate surface area is 396 Å². The summed E-state index contributed by atoms with van der Waals surface area (Å²) in [6.07, 6.45) is 0. The number of hydrogen-bond acceptors (Lipinski definition) is 23. The molecule has 361 valence electrons. The molecular formula is C35H41Cl2Cu3N5O18. The van der Waals surface area contributed by atoms with Crippen molar-refractivity contribution in [2.45, 2.75) is 66.1 Å². The summed E-state index contributed by atoms with van der Waals surface area (Å²) in [4.78, 5) is 19.3. The zero-order valence-corrected chi connectivity index (χ0v) is 36.5. The standard InChI is InChI=1S/2C7H9NO2.2C7H8NO2.C7H7NO2.2ClHO4.3Cu/c5*9-4-6-2-1-3-7(5-10)8-6;2*2-1(3,4)5;;;/h2*1-3,9-10H,4-5H2;2*1-3,9H,4-5H2;1-3H,4-5H2;2*(H,2,3,4,5);;;/q;;2*-1;-2;;;3*+2/p-2. The minimum atomic E-state index is -4.94. The van der Waals surface area contributed by atoms with E-state index < -0.39 is 20.5 Å². The van der Waals surface area contributed by atoms with Gasteiger partial charge in [-0.15, -0.1) is 20.5 Å². The van der Waals surface area contributed by atoms with Gasteiger partial charge >= 0.3 is 51.2 Å². The monoisotopic (exact) mass is 1080 g/mol. The van der Waals surface area contributed by atoms with Gasteiger partial charge in [0.05, 0.1) is 73.8 Å². The molecule has 0 saturated carbocycles. The van der Waals surface area contributed by atoms with E-state index in [1.165, 1.54) is 0 Å². The van der Waals surface area contributed by atoms with E-state index in [0.717, 1.165) is 0 Å². The van der Waals surface area contributed by atoms with Crippen LogP contribution in [0.3, 0.4) is 0 Å². The van der Waals surface area contributed by atoms with Crippen molar-refractivity contribution in [1.29, 1.82) is 0 Å². The van der Waals surface area contributed by atoms with Gasteiger partial charge in [0, 0.05) is 22.8 Å². The largest absolute Gasteiger partial charge is 2.00 e. The summed E-state index contributed by atoms with van der Waals surface area (Å²) in [5.41, 5.74) is 5.29. The molecular weight excluding hydrogens is 1040 g/mol. The molecule has 5 heterocycles. The van der Waals surface area contributed by atoms with Crippen molar-refractivity contribution in [2.75, 3.05) is 0 Å². The minimum absolute atomic E-state index is 0. The third-order valence-corrected chi connectivity index (χ3v) is 5.89. The van der Waals surface area contributed by atoms with Crippen LogP contribution < -0.4 is 57.7 Å². The van der Waals surface area contributed by atoms with Crippen molar-refractivity contribution in [1.82, 2.24) is 24.9 Å². The first kappa shape index (κ1) is 69.2. The molecule has 0 fully saturated rings. The smallest absolute Gasteiger partial charge is 0.850 e. The van der Waals surface area contributed by atoms with Crippen molar-refractivity contribution in [3.8, 4) is 0 Å². The number of aromatic nitrogens is 5. The van der Waals surface area contributed by atoms with E-state index >= 15 is 0 Å². The number of pyridine rings is 5. The molecule has 5 aromatic heterocycles. The summed E-state index contributed by atoms with van der Waals surface area (Å²) < 4.78 is 67.9. The second kappa shape index (κ2) is 41.8. The van der Waals surface area contributed by atoms with Gasteiger partial charge in [0.15, 0.2) is 0 Å². The fourth-order valence-electron chi connectivity index (χ4n) is 3.50. The summed E-state index contributed by atoms with van der Waals surface area (Å²) >= 11 is 0. The van der Waals surface area contributed by atoms with E-state index in [-0.39, 0.29) is 117 Å². The number of nitrogens with zero attached hydrogens (tertiary/aromatic N) is 5. The summed E-state index contributed by atoms with van der Waals surface area (Å²) in [6, 6.07) is 25.3. The molecule has 0 aromatic carbocycles. The van der Waals surface area contributed by atoms with Gasteiger partial charge in [0.25, 0.3) is 0 Å². The molecule has 0 amide bonds. The Balaban J connectivity index is -0.000000209. The van der Waals surface area contributed by atoms with Crippen LogP contribution >= 0.6 is 0 Å². The third-order valence-electron chi connectivity index (χ3n) is 5.89. The van der Waals surface area contributed by atoms with Crippen LogP contribution in [0.2, 0.25) is 0 Å². The van der Waals surface area contributed by atoms with Gasteiger partial charge < -0.3 is 51.1 Å². The molecule has 0 aliphatic heterocycles. The topological polar surface area (TPSA) is 463 Å². The Hall–Kier alpha value is -2.83. The maximum Gasteiger partial charge on any atom is 2.00 e. The van der Waals surface area contributed by atoms with Crippen LogP contribution in [-0.2, 0) is 117 Å². The summed E-state index contributed by atoms with van der Waals surface area (Å²) in [7, 11) is -9.89. The van der Waals surface area contributed by atoms with Gasteiger partial charge in [-0.3, -0.25) is 24.9 Å². The molecule has 3 radical (unpaired) electrons. The number of hydrogen-bond donors (Lipinski definition) is 6. The summed E-state index contributed by atoms with van der Waals surface area (Å²) in [5, 5.41) is 92.6. The van der Waals surface area contributed by atoms with E-state index in [9.17, 15) is 20.4 Å². The van der Waals surface area contributed by atoms with Crippen LogP contribution in [0.25, 0.3) is 0 Å². The van der Waals surface area contributed by atoms with Gasteiger partial charge in [-0.2, -0.15) is 0 Å². The molecule has 0 atom stereocenters. The first-order valence-electron chi connectivity index (χ1n) is 16.3. The van der Waals surface area contributed by atoms with Crippen LogP contribution in [0.5, 0.6) is 0 Å². The molecule has 6 N–H and O–H groups in total. The third kappa shape index (κ3) is 42.9. The Morgan fingerprint density at radius 2 is 0.397 bits per heavy atom. The van der Waals surface area contributed by atoms with Crippen molar-refractivity contribution in [3.63, 3.8) is 0 Å². The van der Waals surface area contributed by atoms with Crippen molar-refractivity contribution < 1.29 is 160 Å². The van der Waals surface area contributed by atoms with Gasteiger partial charge in [0.2, 0.25) is 0 Å². The van der Waals surface area contributed by atoms with E-state index in [0.29, 0.717) is 56.9 Å². The van der Waals surface area contributed by atoms with Crippen molar-refractivity contribution >= 4 is 0 Å². The zero-order valence-electron chi connectivity index (χ0n) is 32.2. The molecule has 5 aromatic rings. The van der Waals surface area contributed by atoms with Crippen LogP contribution in [0, 0.1) is 20.5 Å². The van der Waals surface area contributed by atoms with Crippen LogP contribution in [0.15, 0.2) is 91.0 Å². The molecule has 28 heteroatoms. The number of halogens is 2. The predicted molar refractivity (Wildman–Crippen MR) is 172 cm³/mol. The Bertz CT molecular complexity index is 1450. The fraction of sp³-hybridized carbons (Fsp3) is 0.286. The molecule has 0 unspecified atom stereocenters. The van der Waals surface area contributed by atoms with E-state index in [1.807, 2.05) is 0 Å². The minimum Gasteiger partial charge on any atom is -0.850 e. The maximum absolute atomic E-state index is 10.3. The van der Waals surface area contributed by atoms with Crippen molar-refractivity contribution in [3.05, 3.63) is 148 Å². The molecule has 0 aliphatic carbocycles. The quantitative estimate of drug-likeness (QED) is 0.0707. The van der Waals surface area contributed by atoms with E-state index in [2.05, 4.69) is 24.9 Å². The van der Waals surface area contributed by atoms with Crippen molar-refractivity contribution in [2.24, 2.45) is 0 Å². The average Bonchev–Trinajstić information content (AvgIpc) is 3.26. The molecule has 5 rings (SSSR count). The predicted octanol–water partition coefficient (Wildman–Crippen LogP) is -11.7. The van der Waals surface area contributed by atoms with E-state index in [4.69, 9.17) is 67.9 Å². The van der Waals surface area contributed by atoms with Gasteiger partial charge in [-0.05, 0) is 60.7 Å². The zero-order chi connectivity index (χ0) is 46.0. The summed E-state index contributed by atoms with van der Waals surface area (Å²) in [5.74, 6) is 0. The fourth-order valence-corrected chi connectivity index (χ4v) is 3.50. The SMILES string of the molecule is OCc1cccc(CO)n1.OCc1cccc(CO)n1.[Cu+2].[Cu+2].[Cu+2].[O-]Cc1cccc(CO)n1.[O-]Cc1cccc(CO)n1.[O-]Cc1cccc(C[O-])n1.[O-][Cl+3]([O-])([O-])[O-].[O-][Cl+3]([O-])([O-])[O-]. The molecule has 23 nitrogen and oxygen atoms in total.